The average Bonchev–Trinajstić information content (AvgIpc) is 2.42. The number of nitrogens with one attached hydrogen (secondary N) is 1. The van der Waals surface area contributed by atoms with Crippen LogP contribution < -0.4 is 11.1 Å². The van der Waals surface area contributed by atoms with Gasteiger partial charge in [0.25, 0.3) is 5.91 Å². The number of aliphatic hydroxyl groups excluding tert-OH is 1. The predicted octanol–water partition coefficient (Wildman–Crippen LogP) is -0.373. The zero-order valence-corrected chi connectivity index (χ0v) is 10.7. The molecule has 0 bridgehead atoms. The van der Waals surface area contributed by atoms with Gasteiger partial charge < -0.3 is 21.3 Å². The SMILES string of the molecule is NC(=O)CC[C@@H](NC(=O)c1ccc(CO)cc1)C(=O)O. The molecule has 0 saturated heterocycles. The highest BCUT2D eigenvalue weighted by Crippen LogP contribution is 2.06. The number of primary amides is 1. The highest BCUT2D eigenvalue weighted by atomic mass is 16.4. The van der Waals surface area contributed by atoms with Gasteiger partial charge in [-0.1, -0.05) is 12.1 Å². The molecule has 5 N–H and O–H groups in total. The Kier molecular flexibility index (Phi) is 5.67. The van der Waals surface area contributed by atoms with Crippen molar-refractivity contribution >= 4 is 17.8 Å². The van der Waals surface area contributed by atoms with Crippen LogP contribution in [0.25, 0.3) is 0 Å². The minimum absolute atomic E-state index is 0.0644. The fourth-order valence-electron chi connectivity index (χ4n) is 1.55. The smallest absolute Gasteiger partial charge is 0.326 e. The van der Waals surface area contributed by atoms with E-state index in [-0.39, 0.29) is 25.0 Å². The van der Waals surface area contributed by atoms with Crippen molar-refractivity contribution in [1.29, 1.82) is 0 Å². The van der Waals surface area contributed by atoms with Gasteiger partial charge in [-0.25, -0.2) is 4.79 Å². The molecule has 0 spiro atoms. The maximum Gasteiger partial charge on any atom is 0.326 e. The third-order valence-electron chi connectivity index (χ3n) is 2.68. The van der Waals surface area contributed by atoms with Crippen LogP contribution in [0.4, 0.5) is 0 Å². The first kappa shape index (κ1) is 15.6. The minimum Gasteiger partial charge on any atom is -0.480 e. The van der Waals surface area contributed by atoms with E-state index in [1.807, 2.05) is 0 Å². The van der Waals surface area contributed by atoms with Crippen LogP contribution in [0.3, 0.4) is 0 Å². The Labute approximate surface area is 115 Å². The van der Waals surface area contributed by atoms with Crippen molar-refractivity contribution in [3.63, 3.8) is 0 Å². The van der Waals surface area contributed by atoms with Crippen LogP contribution in [0.5, 0.6) is 0 Å². The van der Waals surface area contributed by atoms with Crippen LogP contribution in [-0.4, -0.2) is 34.0 Å². The molecule has 7 nitrogen and oxygen atoms in total. The van der Waals surface area contributed by atoms with Gasteiger partial charge in [0.15, 0.2) is 0 Å². The third kappa shape index (κ3) is 4.69. The lowest BCUT2D eigenvalue weighted by atomic mass is 10.1. The van der Waals surface area contributed by atoms with E-state index < -0.39 is 23.8 Å². The Bertz CT molecular complexity index is 498. The predicted molar refractivity (Wildman–Crippen MR) is 69.7 cm³/mol. The van der Waals surface area contributed by atoms with E-state index in [2.05, 4.69) is 5.32 Å². The number of benzene rings is 1. The molecule has 0 radical (unpaired) electrons. The number of nitrogens with two attached hydrogens (primary N) is 1. The van der Waals surface area contributed by atoms with Gasteiger partial charge in [-0.2, -0.15) is 0 Å². The summed E-state index contributed by atoms with van der Waals surface area (Å²) in [6.45, 7) is -0.141. The Balaban J connectivity index is 2.69. The summed E-state index contributed by atoms with van der Waals surface area (Å²) >= 11 is 0. The molecule has 0 aliphatic carbocycles. The topological polar surface area (TPSA) is 130 Å². The highest BCUT2D eigenvalue weighted by Gasteiger charge is 2.21. The van der Waals surface area contributed by atoms with E-state index in [0.717, 1.165) is 0 Å². The van der Waals surface area contributed by atoms with Crippen molar-refractivity contribution in [2.75, 3.05) is 0 Å². The van der Waals surface area contributed by atoms with E-state index in [9.17, 15) is 14.4 Å². The maximum absolute atomic E-state index is 11.9. The second-order valence-electron chi connectivity index (χ2n) is 4.22. The van der Waals surface area contributed by atoms with E-state index in [1.54, 1.807) is 12.1 Å². The van der Waals surface area contributed by atoms with Crippen LogP contribution >= 0.6 is 0 Å². The monoisotopic (exact) mass is 280 g/mol. The summed E-state index contributed by atoms with van der Waals surface area (Å²) in [5.41, 5.74) is 5.86. The number of amides is 2. The number of aliphatic carboxylic acids is 1. The van der Waals surface area contributed by atoms with Crippen LogP contribution in [-0.2, 0) is 16.2 Å². The molecule has 0 heterocycles. The largest absolute Gasteiger partial charge is 0.480 e. The van der Waals surface area contributed by atoms with Crippen molar-refractivity contribution in [2.24, 2.45) is 5.73 Å². The molecule has 1 aromatic carbocycles. The van der Waals surface area contributed by atoms with E-state index >= 15 is 0 Å². The zero-order chi connectivity index (χ0) is 15.1. The van der Waals surface area contributed by atoms with E-state index in [1.165, 1.54) is 12.1 Å². The Morgan fingerprint density at radius 1 is 1.20 bits per heavy atom. The molecule has 0 unspecified atom stereocenters. The van der Waals surface area contributed by atoms with Crippen molar-refractivity contribution in [2.45, 2.75) is 25.5 Å². The number of hydrogen-bond acceptors (Lipinski definition) is 4. The highest BCUT2D eigenvalue weighted by molar-refractivity contribution is 5.96. The fourth-order valence-corrected chi connectivity index (χ4v) is 1.55. The molecule has 0 aliphatic heterocycles. The number of rotatable bonds is 7. The lowest BCUT2D eigenvalue weighted by Crippen LogP contribution is -2.41. The van der Waals surface area contributed by atoms with Crippen molar-refractivity contribution in [1.82, 2.24) is 5.32 Å². The molecule has 0 fully saturated rings. The summed E-state index contributed by atoms with van der Waals surface area (Å²) in [4.78, 5) is 33.5. The molecule has 1 aromatic rings. The van der Waals surface area contributed by atoms with Gasteiger partial charge in [-0.3, -0.25) is 9.59 Å². The first-order valence-corrected chi connectivity index (χ1v) is 5.95. The van der Waals surface area contributed by atoms with Gasteiger partial charge in [-0.15, -0.1) is 0 Å². The van der Waals surface area contributed by atoms with Gasteiger partial charge in [0.1, 0.15) is 6.04 Å². The molecule has 0 aliphatic rings. The summed E-state index contributed by atoms with van der Waals surface area (Å²) in [6, 6.07) is 4.91. The number of aliphatic hydroxyl groups is 1. The van der Waals surface area contributed by atoms with Crippen LogP contribution in [0.15, 0.2) is 24.3 Å². The molecule has 7 heteroatoms. The molecule has 2 amide bonds. The second-order valence-corrected chi connectivity index (χ2v) is 4.22. The van der Waals surface area contributed by atoms with Crippen LogP contribution in [0, 0.1) is 0 Å². The standard InChI is InChI=1S/C13H16N2O5/c14-11(17)6-5-10(13(19)20)15-12(18)9-3-1-8(7-16)2-4-9/h1-4,10,16H,5-7H2,(H2,14,17)(H,15,18)(H,19,20)/t10-/m1/s1. The Hall–Kier alpha value is -2.41. The first-order valence-electron chi connectivity index (χ1n) is 5.95. The minimum atomic E-state index is -1.23. The quantitative estimate of drug-likeness (QED) is 0.541. The van der Waals surface area contributed by atoms with Crippen LogP contribution in [0.2, 0.25) is 0 Å². The van der Waals surface area contributed by atoms with Crippen molar-refractivity contribution in [3.05, 3.63) is 35.4 Å². The number of carboxylic acids is 1. The number of hydrogen-bond donors (Lipinski definition) is 4. The summed E-state index contributed by atoms with van der Waals surface area (Å²) in [7, 11) is 0. The summed E-state index contributed by atoms with van der Waals surface area (Å²) in [5.74, 6) is -2.42. The lowest BCUT2D eigenvalue weighted by molar-refractivity contribution is -0.139. The molecular weight excluding hydrogens is 264 g/mol. The number of carbonyl (C=O) groups is 3. The molecule has 108 valence electrons. The zero-order valence-electron chi connectivity index (χ0n) is 10.7. The first-order chi connectivity index (χ1) is 9.43. The normalized spacial score (nSPS) is 11.7. The molecule has 1 atom stereocenters. The Morgan fingerprint density at radius 2 is 1.80 bits per heavy atom. The summed E-state index contributed by atoms with van der Waals surface area (Å²) in [6.07, 6.45) is -0.189. The Morgan fingerprint density at radius 3 is 2.25 bits per heavy atom. The number of carboxylic acid groups (broad SMARTS) is 1. The van der Waals surface area contributed by atoms with Crippen molar-refractivity contribution < 1.29 is 24.6 Å². The van der Waals surface area contributed by atoms with E-state index in [4.69, 9.17) is 15.9 Å². The van der Waals surface area contributed by atoms with Gasteiger partial charge in [0.05, 0.1) is 6.61 Å². The molecule has 20 heavy (non-hydrogen) atoms. The molecule has 0 aromatic heterocycles. The van der Waals surface area contributed by atoms with Gasteiger partial charge in [0, 0.05) is 12.0 Å². The second kappa shape index (κ2) is 7.25. The number of carbonyl (C=O) groups excluding carboxylic acids is 2. The molecule has 0 saturated carbocycles. The molecular formula is C13H16N2O5. The third-order valence-corrected chi connectivity index (χ3v) is 2.68. The maximum atomic E-state index is 11.9. The van der Waals surface area contributed by atoms with Crippen molar-refractivity contribution in [3.8, 4) is 0 Å². The molecule has 1 rings (SSSR count). The lowest BCUT2D eigenvalue weighted by Gasteiger charge is -2.13. The summed E-state index contributed by atoms with van der Waals surface area (Å²) in [5, 5.41) is 20.2. The summed E-state index contributed by atoms with van der Waals surface area (Å²) < 4.78 is 0. The van der Waals surface area contributed by atoms with Gasteiger partial charge >= 0.3 is 5.97 Å². The van der Waals surface area contributed by atoms with Gasteiger partial charge in [-0.05, 0) is 24.1 Å². The average molecular weight is 280 g/mol. The van der Waals surface area contributed by atoms with Gasteiger partial charge in [0.2, 0.25) is 5.91 Å². The van der Waals surface area contributed by atoms with Crippen LogP contribution in [0.1, 0.15) is 28.8 Å². The fraction of sp³-hybridized carbons (Fsp3) is 0.308. The van der Waals surface area contributed by atoms with E-state index in [0.29, 0.717) is 5.56 Å².